The molecule has 1 heterocycles. The average molecular weight is 677 g/mol. The van der Waals surface area contributed by atoms with Gasteiger partial charge in [0.1, 0.15) is 23.7 Å². The molecular formula is C37H52N6O6. The van der Waals surface area contributed by atoms with Crippen LogP contribution in [0.5, 0.6) is 0 Å². The zero-order valence-electron chi connectivity index (χ0n) is 30.1. The molecule has 4 rings (SSSR count). The first-order valence-corrected chi connectivity index (χ1v) is 17.1. The van der Waals surface area contributed by atoms with Crippen LogP contribution in [0.2, 0.25) is 0 Å². The number of amides is 6. The minimum Gasteiger partial charge on any atom is -0.444 e. The Labute approximate surface area is 290 Å². The molecule has 1 aliphatic heterocycles. The summed E-state index contributed by atoms with van der Waals surface area (Å²) >= 11 is 0. The van der Waals surface area contributed by atoms with Crippen molar-refractivity contribution in [1.82, 2.24) is 25.3 Å². The van der Waals surface area contributed by atoms with E-state index in [0.29, 0.717) is 5.69 Å². The van der Waals surface area contributed by atoms with Crippen LogP contribution in [0.4, 0.5) is 15.3 Å². The lowest BCUT2D eigenvalue weighted by Gasteiger charge is -2.43. The van der Waals surface area contributed by atoms with Gasteiger partial charge in [-0.15, -0.1) is 0 Å². The predicted molar refractivity (Wildman–Crippen MR) is 188 cm³/mol. The lowest BCUT2D eigenvalue weighted by Crippen LogP contribution is -2.66. The minimum absolute atomic E-state index is 0.0154. The maximum Gasteiger partial charge on any atom is 0.410 e. The predicted octanol–water partition coefficient (Wildman–Crippen LogP) is 4.35. The summed E-state index contributed by atoms with van der Waals surface area (Å²) in [4.78, 5) is 74.1. The second-order valence-corrected chi connectivity index (χ2v) is 14.3. The van der Waals surface area contributed by atoms with Gasteiger partial charge in [-0.2, -0.15) is 0 Å². The van der Waals surface area contributed by atoms with E-state index in [-0.39, 0.29) is 43.5 Å². The van der Waals surface area contributed by atoms with E-state index in [4.69, 9.17) is 4.74 Å². The smallest absolute Gasteiger partial charge is 0.410 e. The summed E-state index contributed by atoms with van der Waals surface area (Å²) < 4.78 is 5.42. The molecule has 266 valence electrons. The Morgan fingerprint density at radius 2 is 1.57 bits per heavy atom. The molecule has 2 aromatic carbocycles. The lowest BCUT2D eigenvalue weighted by atomic mass is 9.87. The van der Waals surface area contributed by atoms with E-state index in [0.717, 1.165) is 24.8 Å². The van der Waals surface area contributed by atoms with Crippen molar-refractivity contribution in [1.29, 1.82) is 0 Å². The molecule has 1 fully saturated rings. The fourth-order valence-corrected chi connectivity index (χ4v) is 6.22. The van der Waals surface area contributed by atoms with Gasteiger partial charge in [-0.3, -0.25) is 24.2 Å². The van der Waals surface area contributed by atoms with Gasteiger partial charge in [-0.1, -0.05) is 56.3 Å². The lowest BCUT2D eigenvalue weighted by molar-refractivity contribution is -0.147. The summed E-state index contributed by atoms with van der Waals surface area (Å²) in [5, 5.41) is 6.03. The van der Waals surface area contributed by atoms with Gasteiger partial charge in [0, 0.05) is 32.9 Å². The zero-order valence-corrected chi connectivity index (χ0v) is 30.1. The number of carbonyl (C=O) groups is 5. The zero-order chi connectivity index (χ0) is 36.0. The monoisotopic (exact) mass is 676 g/mol. The van der Waals surface area contributed by atoms with E-state index in [1.165, 1.54) is 27.3 Å². The van der Waals surface area contributed by atoms with Crippen LogP contribution in [0, 0.1) is 5.92 Å². The van der Waals surface area contributed by atoms with Crippen LogP contribution in [-0.2, 0) is 25.5 Å². The van der Waals surface area contributed by atoms with E-state index in [1.54, 1.807) is 39.6 Å². The first-order valence-electron chi connectivity index (χ1n) is 17.1. The molecule has 2 aliphatic rings. The number of rotatable bonds is 8. The van der Waals surface area contributed by atoms with Crippen molar-refractivity contribution in [3.8, 4) is 0 Å². The molecule has 6 amide bonds. The number of urea groups is 1. The number of ether oxygens (including phenoxy) is 1. The van der Waals surface area contributed by atoms with Gasteiger partial charge in [-0.05, 0) is 76.1 Å². The van der Waals surface area contributed by atoms with Crippen LogP contribution >= 0.6 is 0 Å². The Hall–Kier alpha value is -4.61. The summed E-state index contributed by atoms with van der Waals surface area (Å²) in [5.74, 6) is -1.66. The molecule has 0 saturated carbocycles. The molecule has 49 heavy (non-hydrogen) atoms. The highest BCUT2D eigenvalue weighted by molar-refractivity contribution is 5.96. The molecule has 2 N–H and O–H groups in total. The van der Waals surface area contributed by atoms with E-state index in [1.807, 2.05) is 62.4 Å². The van der Waals surface area contributed by atoms with Crippen LogP contribution in [0.3, 0.4) is 0 Å². The van der Waals surface area contributed by atoms with E-state index in [9.17, 15) is 24.0 Å². The number of hydrogen-bond acceptors (Lipinski definition) is 6. The van der Waals surface area contributed by atoms with Gasteiger partial charge < -0.3 is 25.2 Å². The number of carbonyl (C=O) groups excluding carboxylic acids is 5. The van der Waals surface area contributed by atoms with Crippen molar-refractivity contribution in [2.24, 2.45) is 5.92 Å². The molecule has 1 aliphatic carbocycles. The molecular weight excluding hydrogens is 624 g/mol. The molecule has 12 nitrogen and oxygen atoms in total. The number of benzene rings is 2. The number of piperazine rings is 1. The van der Waals surface area contributed by atoms with Crippen LogP contribution in [-0.4, -0.2) is 102 Å². The average Bonchev–Trinajstić information content (AvgIpc) is 3.08. The third-order valence-corrected chi connectivity index (χ3v) is 9.23. The molecule has 4 atom stereocenters. The Morgan fingerprint density at radius 1 is 0.918 bits per heavy atom. The van der Waals surface area contributed by atoms with Crippen molar-refractivity contribution in [2.45, 2.75) is 90.6 Å². The highest BCUT2D eigenvalue weighted by atomic mass is 16.6. The maximum absolute atomic E-state index is 14.3. The first-order chi connectivity index (χ1) is 23.1. The standard InChI is InChI=1S/C37H52N6O6/c1-24(2)31(39-32(44)25(3)40(7)36(48)49-37(4,5)6)34(46)43-22-21-42(35(47)41(8)27-17-10-9-11-18-27)23-30(43)33(45)38-29-20-14-16-26-15-12-13-19-28(26)29/h9-13,15,17-19,24-25,29-31H,14,16,20-23H2,1-8H3,(H,38,45)(H,39,44)/t25-,29+,30-,31-/m0/s1. The van der Waals surface area contributed by atoms with Gasteiger partial charge in [0.05, 0.1) is 12.6 Å². The number of likely N-dealkylation sites (N-methyl/N-ethyl adjacent to an activating group) is 1. The fraction of sp³-hybridized carbons (Fsp3) is 0.541. The van der Waals surface area contributed by atoms with Crippen LogP contribution in [0.15, 0.2) is 54.6 Å². The highest BCUT2D eigenvalue weighted by Gasteiger charge is 2.42. The Kier molecular flexibility index (Phi) is 12.0. The number of aryl methyl sites for hydroxylation is 1. The molecule has 0 spiro atoms. The maximum atomic E-state index is 14.3. The van der Waals surface area contributed by atoms with E-state index >= 15 is 0 Å². The number of nitrogens with one attached hydrogen (secondary N) is 2. The van der Waals surface area contributed by atoms with Gasteiger partial charge in [0.25, 0.3) is 0 Å². The third-order valence-electron chi connectivity index (χ3n) is 9.23. The fourth-order valence-electron chi connectivity index (χ4n) is 6.22. The summed E-state index contributed by atoms with van der Waals surface area (Å²) in [6.45, 7) is 10.7. The van der Waals surface area contributed by atoms with Crippen LogP contribution in [0.1, 0.15) is 71.6 Å². The van der Waals surface area contributed by atoms with Crippen molar-refractivity contribution in [2.75, 3.05) is 38.6 Å². The highest BCUT2D eigenvalue weighted by Crippen LogP contribution is 2.30. The summed E-state index contributed by atoms with van der Waals surface area (Å²) in [5.41, 5.74) is 2.21. The van der Waals surface area contributed by atoms with Crippen LogP contribution < -0.4 is 15.5 Å². The quantitative estimate of drug-likeness (QED) is 0.428. The normalized spacial score (nSPS) is 18.9. The van der Waals surface area contributed by atoms with Gasteiger partial charge >= 0.3 is 12.1 Å². The number of nitrogens with zero attached hydrogens (tertiary/aromatic N) is 4. The molecule has 0 radical (unpaired) electrons. The van der Waals surface area contributed by atoms with Crippen LogP contribution in [0.25, 0.3) is 0 Å². The summed E-state index contributed by atoms with van der Waals surface area (Å²) in [6.07, 6.45) is 1.95. The topological polar surface area (TPSA) is 132 Å². The van der Waals surface area contributed by atoms with Crippen molar-refractivity contribution in [3.63, 3.8) is 0 Å². The number of fused-ring (bicyclic) bond motifs is 1. The second kappa shape index (κ2) is 15.7. The molecule has 0 unspecified atom stereocenters. The Balaban J connectivity index is 1.57. The summed E-state index contributed by atoms with van der Waals surface area (Å²) in [7, 11) is 3.15. The number of anilines is 1. The van der Waals surface area contributed by atoms with Gasteiger partial charge in [0.15, 0.2) is 0 Å². The number of para-hydroxylation sites is 1. The third kappa shape index (κ3) is 9.10. The first kappa shape index (κ1) is 37.2. The molecule has 12 heteroatoms. The Bertz CT molecular complexity index is 1510. The van der Waals surface area contributed by atoms with Gasteiger partial charge in [0.2, 0.25) is 17.7 Å². The molecule has 0 bridgehead atoms. The second-order valence-electron chi connectivity index (χ2n) is 14.3. The van der Waals surface area contributed by atoms with Crippen molar-refractivity contribution in [3.05, 3.63) is 65.7 Å². The van der Waals surface area contributed by atoms with E-state index < -0.39 is 41.6 Å². The number of hydrogen-bond donors (Lipinski definition) is 2. The molecule has 2 aromatic rings. The van der Waals surface area contributed by atoms with Crippen molar-refractivity contribution >= 4 is 35.5 Å². The van der Waals surface area contributed by atoms with E-state index in [2.05, 4.69) is 16.7 Å². The Morgan fingerprint density at radius 3 is 2.22 bits per heavy atom. The molecule has 1 saturated heterocycles. The largest absolute Gasteiger partial charge is 0.444 e. The SMILES string of the molecule is CC(C)[C@H](NC(=O)[C@H](C)N(C)C(=O)OC(C)(C)C)C(=O)N1CCN(C(=O)N(C)c2ccccc2)C[C@H]1C(=O)N[C@@H]1CCCc2ccccc21. The summed E-state index contributed by atoms with van der Waals surface area (Å²) in [6, 6.07) is 13.8. The van der Waals surface area contributed by atoms with Gasteiger partial charge in [-0.25, -0.2) is 9.59 Å². The minimum atomic E-state index is -0.997. The molecule has 0 aromatic heterocycles. The van der Waals surface area contributed by atoms with Crippen molar-refractivity contribution < 1.29 is 28.7 Å².